The van der Waals surface area contributed by atoms with Gasteiger partial charge in [-0.25, -0.2) is 0 Å². The number of aromatic nitrogens is 1. The monoisotopic (exact) mass is 379 g/mol. The SMILES string of the molecule is O[C@H](CN1CCN(Cc2ccc3c(c2)OCO3)CC1)c1c[nH]c2ccccc12. The van der Waals surface area contributed by atoms with Crippen LogP contribution in [0, 0.1) is 0 Å². The zero-order valence-corrected chi connectivity index (χ0v) is 15.8. The van der Waals surface area contributed by atoms with Gasteiger partial charge in [-0.1, -0.05) is 24.3 Å². The molecule has 2 aliphatic heterocycles. The van der Waals surface area contributed by atoms with Crippen LogP contribution < -0.4 is 9.47 Å². The van der Waals surface area contributed by atoms with Crippen molar-refractivity contribution in [2.24, 2.45) is 0 Å². The maximum Gasteiger partial charge on any atom is 0.231 e. The van der Waals surface area contributed by atoms with Gasteiger partial charge in [-0.05, 0) is 23.8 Å². The van der Waals surface area contributed by atoms with Crippen LogP contribution in [0.15, 0.2) is 48.7 Å². The van der Waals surface area contributed by atoms with Crippen molar-refractivity contribution in [3.05, 3.63) is 59.8 Å². The van der Waals surface area contributed by atoms with Crippen molar-refractivity contribution in [3.63, 3.8) is 0 Å². The molecule has 0 bridgehead atoms. The molecule has 6 nitrogen and oxygen atoms in total. The number of fused-ring (bicyclic) bond motifs is 2. The van der Waals surface area contributed by atoms with Crippen molar-refractivity contribution in [1.82, 2.24) is 14.8 Å². The zero-order chi connectivity index (χ0) is 18.9. The molecule has 3 aromatic rings. The molecule has 0 aliphatic carbocycles. The zero-order valence-electron chi connectivity index (χ0n) is 15.8. The van der Waals surface area contributed by atoms with Crippen LogP contribution in [0.2, 0.25) is 0 Å². The van der Waals surface area contributed by atoms with E-state index in [2.05, 4.69) is 33.0 Å². The molecule has 1 saturated heterocycles. The molecule has 146 valence electrons. The summed E-state index contributed by atoms with van der Waals surface area (Å²) in [5.74, 6) is 1.68. The lowest BCUT2D eigenvalue weighted by Gasteiger charge is -2.35. The molecule has 3 heterocycles. The molecule has 1 fully saturated rings. The molecule has 5 rings (SSSR count). The number of rotatable bonds is 5. The second-order valence-electron chi connectivity index (χ2n) is 7.57. The molecular formula is C22H25N3O3. The molecule has 0 amide bonds. The lowest BCUT2D eigenvalue weighted by atomic mass is 10.1. The van der Waals surface area contributed by atoms with Crippen LogP contribution in [0.4, 0.5) is 0 Å². The lowest BCUT2D eigenvalue weighted by molar-refractivity contribution is 0.0707. The standard InChI is InChI=1S/C22H25N3O3/c26-20(18-12-23-19-4-2-1-3-17(18)19)14-25-9-7-24(8-10-25)13-16-5-6-21-22(11-16)28-15-27-21/h1-6,11-12,20,23,26H,7-10,13-15H2/t20-/m1/s1. The van der Waals surface area contributed by atoms with Crippen molar-refractivity contribution in [2.75, 3.05) is 39.5 Å². The van der Waals surface area contributed by atoms with E-state index in [0.29, 0.717) is 13.3 Å². The number of β-amino-alcohol motifs (C(OH)–C–C–N with tert-alkyl or cyclic N) is 1. The van der Waals surface area contributed by atoms with Crippen LogP contribution in [-0.4, -0.2) is 59.4 Å². The minimum absolute atomic E-state index is 0.316. The number of benzene rings is 2. The fourth-order valence-electron chi connectivity index (χ4n) is 4.14. The molecule has 0 saturated carbocycles. The molecule has 2 aromatic carbocycles. The number of ether oxygens (including phenoxy) is 2. The van der Waals surface area contributed by atoms with E-state index in [1.54, 1.807) is 0 Å². The van der Waals surface area contributed by atoms with Gasteiger partial charge in [-0.2, -0.15) is 0 Å². The van der Waals surface area contributed by atoms with Gasteiger partial charge in [-0.3, -0.25) is 9.80 Å². The highest BCUT2D eigenvalue weighted by Gasteiger charge is 2.22. The highest BCUT2D eigenvalue weighted by Crippen LogP contribution is 2.33. The quantitative estimate of drug-likeness (QED) is 0.714. The van der Waals surface area contributed by atoms with Crippen molar-refractivity contribution < 1.29 is 14.6 Å². The average Bonchev–Trinajstić information content (AvgIpc) is 3.36. The molecule has 0 spiro atoms. The van der Waals surface area contributed by atoms with Gasteiger partial charge in [0.2, 0.25) is 6.79 Å². The highest BCUT2D eigenvalue weighted by atomic mass is 16.7. The van der Waals surface area contributed by atoms with Gasteiger partial charge in [0.15, 0.2) is 11.5 Å². The third kappa shape index (κ3) is 3.46. The summed E-state index contributed by atoms with van der Waals surface area (Å²) in [6, 6.07) is 14.3. The summed E-state index contributed by atoms with van der Waals surface area (Å²) in [6.07, 6.45) is 1.46. The van der Waals surface area contributed by atoms with Gasteiger partial charge in [0.05, 0.1) is 6.10 Å². The molecule has 0 unspecified atom stereocenters. The van der Waals surface area contributed by atoms with Crippen LogP contribution in [0.3, 0.4) is 0 Å². The number of hydrogen-bond acceptors (Lipinski definition) is 5. The molecule has 2 aliphatic rings. The topological polar surface area (TPSA) is 61.0 Å². The van der Waals surface area contributed by atoms with E-state index in [1.807, 2.05) is 30.5 Å². The molecule has 1 atom stereocenters. The Balaban J connectivity index is 1.16. The second kappa shape index (κ2) is 7.47. The van der Waals surface area contributed by atoms with Crippen molar-refractivity contribution in [3.8, 4) is 11.5 Å². The summed E-state index contributed by atoms with van der Waals surface area (Å²) < 4.78 is 10.9. The van der Waals surface area contributed by atoms with Gasteiger partial charge in [-0.15, -0.1) is 0 Å². The largest absolute Gasteiger partial charge is 0.454 e. The molecular weight excluding hydrogens is 354 g/mol. The Morgan fingerprint density at radius 3 is 2.64 bits per heavy atom. The van der Waals surface area contributed by atoms with E-state index in [4.69, 9.17) is 9.47 Å². The number of hydrogen-bond donors (Lipinski definition) is 2. The summed E-state index contributed by atoms with van der Waals surface area (Å²) in [7, 11) is 0. The first-order valence-electron chi connectivity index (χ1n) is 9.83. The Kier molecular flexibility index (Phi) is 4.68. The molecule has 6 heteroatoms. The highest BCUT2D eigenvalue weighted by molar-refractivity contribution is 5.83. The van der Waals surface area contributed by atoms with Crippen molar-refractivity contribution in [2.45, 2.75) is 12.6 Å². The number of para-hydroxylation sites is 1. The molecule has 2 N–H and O–H groups in total. The van der Waals surface area contributed by atoms with Crippen LogP contribution in [-0.2, 0) is 6.54 Å². The fourth-order valence-corrected chi connectivity index (χ4v) is 4.14. The lowest BCUT2D eigenvalue weighted by Crippen LogP contribution is -2.47. The third-order valence-corrected chi connectivity index (χ3v) is 5.72. The van der Waals surface area contributed by atoms with Gasteiger partial charge >= 0.3 is 0 Å². The third-order valence-electron chi connectivity index (χ3n) is 5.72. The number of nitrogens with one attached hydrogen (secondary N) is 1. The van der Waals surface area contributed by atoms with E-state index in [9.17, 15) is 5.11 Å². The van der Waals surface area contributed by atoms with Gasteiger partial charge in [0, 0.05) is 61.9 Å². The minimum atomic E-state index is -0.475. The van der Waals surface area contributed by atoms with E-state index >= 15 is 0 Å². The molecule has 0 radical (unpaired) electrons. The molecule has 1 aromatic heterocycles. The van der Waals surface area contributed by atoms with E-state index in [0.717, 1.165) is 60.7 Å². The summed E-state index contributed by atoms with van der Waals surface area (Å²) in [4.78, 5) is 8.05. The number of aromatic amines is 1. The van der Waals surface area contributed by atoms with E-state index in [-0.39, 0.29) is 0 Å². The summed E-state index contributed by atoms with van der Waals surface area (Å²) in [6.45, 7) is 5.81. The summed E-state index contributed by atoms with van der Waals surface area (Å²) in [5, 5.41) is 11.9. The Morgan fingerprint density at radius 2 is 1.75 bits per heavy atom. The first kappa shape index (κ1) is 17.6. The minimum Gasteiger partial charge on any atom is -0.454 e. The van der Waals surface area contributed by atoms with E-state index in [1.165, 1.54) is 5.56 Å². The first-order valence-corrected chi connectivity index (χ1v) is 9.83. The predicted molar refractivity (Wildman–Crippen MR) is 108 cm³/mol. The van der Waals surface area contributed by atoms with Gasteiger partial charge < -0.3 is 19.6 Å². The Labute approximate surface area is 164 Å². The normalized spacial score (nSPS) is 18.6. The van der Waals surface area contributed by atoms with Gasteiger partial charge in [0.25, 0.3) is 0 Å². The Bertz CT molecular complexity index is 963. The maximum atomic E-state index is 10.7. The van der Waals surface area contributed by atoms with Crippen molar-refractivity contribution >= 4 is 10.9 Å². The average molecular weight is 379 g/mol. The number of piperazine rings is 1. The number of aliphatic hydroxyl groups is 1. The summed E-state index contributed by atoms with van der Waals surface area (Å²) >= 11 is 0. The number of aliphatic hydroxyl groups excluding tert-OH is 1. The van der Waals surface area contributed by atoms with Crippen LogP contribution >= 0.6 is 0 Å². The second-order valence-corrected chi connectivity index (χ2v) is 7.57. The van der Waals surface area contributed by atoms with E-state index < -0.39 is 6.10 Å². The molecule has 28 heavy (non-hydrogen) atoms. The maximum absolute atomic E-state index is 10.7. The van der Waals surface area contributed by atoms with Crippen molar-refractivity contribution in [1.29, 1.82) is 0 Å². The van der Waals surface area contributed by atoms with Gasteiger partial charge in [0.1, 0.15) is 0 Å². The summed E-state index contributed by atoms with van der Waals surface area (Å²) in [5.41, 5.74) is 3.31. The number of H-pyrrole nitrogens is 1. The fraction of sp³-hybridized carbons (Fsp3) is 0.364. The Hall–Kier alpha value is -2.54. The number of nitrogens with zero attached hydrogens (tertiary/aromatic N) is 2. The smallest absolute Gasteiger partial charge is 0.231 e. The Morgan fingerprint density at radius 1 is 0.964 bits per heavy atom. The predicted octanol–water partition coefficient (Wildman–Crippen LogP) is 2.75. The van der Waals surface area contributed by atoms with Crippen LogP contribution in [0.1, 0.15) is 17.2 Å². The van der Waals surface area contributed by atoms with Crippen LogP contribution in [0.25, 0.3) is 10.9 Å². The first-order chi connectivity index (χ1) is 13.8. The van der Waals surface area contributed by atoms with Crippen LogP contribution in [0.5, 0.6) is 11.5 Å².